The van der Waals surface area contributed by atoms with Gasteiger partial charge < -0.3 is 10.2 Å². The SMILES string of the molecule is CS(=O)(=O)N1C[C@H]2CN(CC(=O)N3CCNCC3)C[C@H]2[C@@H]1c1ccccc1.Cl.Cl. The van der Waals surface area contributed by atoms with E-state index in [4.69, 9.17) is 0 Å². The first-order chi connectivity index (χ1) is 12.9. The van der Waals surface area contributed by atoms with Crippen molar-refractivity contribution in [3.8, 4) is 0 Å². The minimum atomic E-state index is -3.27. The van der Waals surface area contributed by atoms with Crippen LogP contribution in [0.15, 0.2) is 30.3 Å². The van der Waals surface area contributed by atoms with Gasteiger partial charge in [0.05, 0.1) is 18.8 Å². The van der Waals surface area contributed by atoms with Crippen molar-refractivity contribution in [2.75, 3.05) is 58.6 Å². The Labute approximate surface area is 185 Å². The van der Waals surface area contributed by atoms with Gasteiger partial charge in [0.2, 0.25) is 15.9 Å². The van der Waals surface area contributed by atoms with Crippen LogP contribution in [-0.2, 0) is 14.8 Å². The topological polar surface area (TPSA) is 73.0 Å². The molecule has 0 saturated carbocycles. The maximum absolute atomic E-state index is 12.6. The second-order valence-corrected chi connectivity index (χ2v) is 9.87. The van der Waals surface area contributed by atoms with Gasteiger partial charge in [-0.25, -0.2) is 8.42 Å². The molecule has 29 heavy (non-hydrogen) atoms. The third-order valence-electron chi connectivity index (χ3n) is 6.09. The summed E-state index contributed by atoms with van der Waals surface area (Å²) < 4.78 is 26.4. The second kappa shape index (κ2) is 9.94. The molecule has 164 valence electrons. The molecule has 3 atom stereocenters. The van der Waals surface area contributed by atoms with Crippen LogP contribution in [0.2, 0.25) is 0 Å². The summed E-state index contributed by atoms with van der Waals surface area (Å²) in [4.78, 5) is 16.7. The molecule has 3 saturated heterocycles. The van der Waals surface area contributed by atoms with Gasteiger partial charge in [-0.3, -0.25) is 9.69 Å². The fraction of sp³-hybridized carbons (Fsp3) is 0.632. The zero-order valence-corrected chi connectivity index (χ0v) is 19.0. The zero-order chi connectivity index (χ0) is 19.0. The van der Waals surface area contributed by atoms with Crippen molar-refractivity contribution in [2.24, 2.45) is 11.8 Å². The fourth-order valence-electron chi connectivity index (χ4n) is 4.84. The van der Waals surface area contributed by atoms with Gasteiger partial charge in [-0.05, 0) is 17.4 Å². The molecule has 3 aliphatic rings. The molecule has 1 amide bonds. The highest BCUT2D eigenvalue weighted by Crippen LogP contribution is 2.45. The summed E-state index contributed by atoms with van der Waals surface area (Å²) in [6.45, 7) is 5.80. The van der Waals surface area contributed by atoms with Gasteiger partial charge >= 0.3 is 0 Å². The third kappa shape index (κ3) is 5.24. The highest BCUT2D eigenvalue weighted by molar-refractivity contribution is 7.88. The summed E-state index contributed by atoms with van der Waals surface area (Å²) in [5, 5.41) is 3.27. The summed E-state index contributed by atoms with van der Waals surface area (Å²) in [7, 11) is -3.27. The van der Waals surface area contributed by atoms with Crippen LogP contribution in [0.5, 0.6) is 0 Å². The number of hydrogen-bond donors (Lipinski definition) is 1. The van der Waals surface area contributed by atoms with E-state index < -0.39 is 10.0 Å². The molecule has 3 heterocycles. The molecule has 0 spiro atoms. The first kappa shape index (κ1) is 24.4. The summed E-state index contributed by atoms with van der Waals surface area (Å²) in [6, 6.07) is 9.77. The number of carbonyl (C=O) groups excluding carboxylic acids is 1. The number of nitrogens with zero attached hydrogens (tertiary/aromatic N) is 3. The molecule has 0 unspecified atom stereocenters. The Kier molecular flexibility index (Phi) is 8.35. The van der Waals surface area contributed by atoms with Crippen molar-refractivity contribution in [1.29, 1.82) is 0 Å². The minimum Gasteiger partial charge on any atom is -0.339 e. The number of nitrogens with one attached hydrogen (secondary N) is 1. The van der Waals surface area contributed by atoms with E-state index in [1.54, 1.807) is 4.31 Å². The minimum absolute atomic E-state index is 0. The predicted molar refractivity (Wildman–Crippen MR) is 118 cm³/mol. The van der Waals surface area contributed by atoms with E-state index in [1.807, 2.05) is 35.2 Å². The molecule has 1 aromatic rings. The van der Waals surface area contributed by atoms with Crippen LogP contribution in [0.1, 0.15) is 11.6 Å². The molecule has 7 nitrogen and oxygen atoms in total. The maximum Gasteiger partial charge on any atom is 0.236 e. The second-order valence-electron chi connectivity index (χ2n) is 7.94. The van der Waals surface area contributed by atoms with Gasteiger partial charge in [-0.2, -0.15) is 4.31 Å². The van der Waals surface area contributed by atoms with Crippen molar-refractivity contribution >= 4 is 40.7 Å². The molecule has 1 N–H and O–H groups in total. The van der Waals surface area contributed by atoms with E-state index in [0.717, 1.165) is 44.8 Å². The molecule has 3 aliphatic heterocycles. The molecular formula is C19H30Cl2N4O3S. The number of carbonyl (C=O) groups is 1. The lowest BCUT2D eigenvalue weighted by molar-refractivity contribution is -0.132. The molecular weight excluding hydrogens is 435 g/mol. The average Bonchev–Trinajstić information content (AvgIpc) is 3.20. The van der Waals surface area contributed by atoms with Crippen LogP contribution in [0.4, 0.5) is 0 Å². The van der Waals surface area contributed by atoms with Gasteiger partial charge in [0.15, 0.2) is 0 Å². The van der Waals surface area contributed by atoms with Crippen molar-refractivity contribution in [3.05, 3.63) is 35.9 Å². The standard InChI is InChI=1S/C19H28N4O3S.2ClH/c1-27(25,26)23-12-16-11-21(14-18(24)22-9-7-20-8-10-22)13-17(16)19(23)15-5-3-2-4-6-15;;/h2-6,16-17,19-20H,7-14H2,1H3;2*1H/t16-,17-,19+;;/m1../s1. The fourth-order valence-corrected chi connectivity index (χ4v) is 5.99. The number of hydrogen-bond acceptors (Lipinski definition) is 5. The number of halogens is 2. The van der Waals surface area contributed by atoms with E-state index in [0.29, 0.717) is 13.1 Å². The summed E-state index contributed by atoms with van der Waals surface area (Å²) >= 11 is 0. The summed E-state index contributed by atoms with van der Waals surface area (Å²) in [6.07, 6.45) is 1.30. The lowest BCUT2D eigenvalue weighted by Gasteiger charge is -2.30. The van der Waals surface area contributed by atoms with Crippen LogP contribution < -0.4 is 5.32 Å². The Balaban J connectivity index is 0.00000150. The van der Waals surface area contributed by atoms with Crippen molar-refractivity contribution in [3.63, 3.8) is 0 Å². The smallest absolute Gasteiger partial charge is 0.236 e. The largest absolute Gasteiger partial charge is 0.339 e. The molecule has 0 radical (unpaired) electrons. The third-order valence-corrected chi connectivity index (χ3v) is 7.32. The van der Waals surface area contributed by atoms with Crippen LogP contribution in [-0.4, -0.2) is 87.0 Å². The summed E-state index contributed by atoms with van der Waals surface area (Å²) in [5.41, 5.74) is 1.05. The first-order valence-electron chi connectivity index (χ1n) is 9.66. The molecule has 3 fully saturated rings. The Hall–Kier alpha value is -0.900. The number of likely N-dealkylation sites (tertiary alicyclic amines) is 1. The van der Waals surface area contributed by atoms with Crippen LogP contribution in [0.3, 0.4) is 0 Å². The molecule has 10 heteroatoms. The zero-order valence-electron chi connectivity index (χ0n) is 16.6. The van der Waals surface area contributed by atoms with E-state index in [9.17, 15) is 13.2 Å². The van der Waals surface area contributed by atoms with Gasteiger partial charge in [0.1, 0.15) is 0 Å². The van der Waals surface area contributed by atoms with Crippen molar-refractivity contribution < 1.29 is 13.2 Å². The van der Waals surface area contributed by atoms with Crippen LogP contribution >= 0.6 is 24.8 Å². The maximum atomic E-state index is 12.6. The predicted octanol–water partition coefficient (Wildman–Crippen LogP) is 0.826. The van der Waals surface area contributed by atoms with Gasteiger partial charge in [-0.15, -0.1) is 24.8 Å². The van der Waals surface area contributed by atoms with Gasteiger partial charge in [-0.1, -0.05) is 30.3 Å². The molecule has 1 aromatic carbocycles. The Morgan fingerprint density at radius 3 is 2.34 bits per heavy atom. The number of amides is 1. The monoisotopic (exact) mass is 464 g/mol. The normalized spacial score (nSPS) is 27.8. The number of fused-ring (bicyclic) bond motifs is 1. The lowest BCUT2D eigenvalue weighted by atomic mass is 9.90. The first-order valence-corrected chi connectivity index (χ1v) is 11.5. The Morgan fingerprint density at radius 2 is 1.72 bits per heavy atom. The van der Waals surface area contributed by atoms with E-state index in [-0.39, 0.29) is 48.6 Å². The molecule has 0 aliphatic carbocycles. The van der Waals surface area contributed by atoms with Crippen LogP contribution in [0, 0.1) is 11.8 Å². The molecule has 0 aromatic heterocycles. The van der Waals surface area contributed by atoms with Gasteiger partial charge in [0, 0.05) is 45.8 Å². The van der Waals surface area contributed by atoms with Crippen LogP contribution in [0.25, 0.3) is 0 Å². The van der Waals surface area contributed by atoms with E-state index >= 15 is 0 Å². The Bertz CT molecular complexity index is 790. The lowest BCUT2D eigenvalue weighted by Crippen LogP contribution is -2.49. The Morgan fingerprint density at radius 1 is 1.07 bits per heavy atom. The molecule has 4 rings (SSSR count). The quantitative estimate of drug-likeness (QED) is 0.713. The number of benzene rings is 1. The van der Waals surface area contributed by atoms with E-state index in [2.05, 4.69) is 10.2 Å². The number of piperazine rings is 1. The van der Waals surface area contributed by atoms with Crippen molar-refractivity contribution in [2.45, 2.75) is 6.04 Å². The highest BCUT2D eigenvalue weighted by Gasteiger charge is 2.50. The highest BCUT2D eigenvalue weighted by atomic mass is 35.5. The number of sulfonamides is 1. The molecule has 0 bridgehead atoms. The van der Waals surface area contributed by atoms with Gasteiger partial charge in [0.25, 0.3) is 0 Å². The average molecular weight is 465 g/mol. The van der Waals surface area contributed by atoms with Crippen molar-refractivity contribution in [1.82, 2.24) is 19.4 Å². The number of rotatable bonds is 4. The van der Waals surface area contributed by atoms with E-state index in [1.165, 1.54) is 6.26 Å². The summed E-state index contributed by atoms with van der Waals surface area (Å²) in [5.74, 6) is 0.700.